The molecule has 226 valence electrons. The molecule has 0 spiro atoms. The SMILES string of the molecule is O=C(O)c1cccc2c(=O)c(OCCN3C(=O)c4ccccc4C3=O)c(-c3ccc(OCc4ccc5ccccc5n4)cc3)oc12. The maximum Gasteiger partial charge on any atom is 0.339 e. The Morgan fingerprint density at radius 3 is 2.24 bits per heavy atom. The molecular weight excluding hydrogens is 588 g/mol. The third-order valence-corrected chi connectivity index (χ3v) is 7.71. The number of pyridine rings is 1. The molecule has 10 heteroatoms. The normalized spacial score (nSPS) is 12.5. The molecule has 1 N–H and O–H groups in total. The maximum absolute atomic E-state index is 13.7. The molecule has 10 nitrogen and oxygen atoms in total. The summed E-state index contributed by atoms with van der Waals surface area (Å²) in [5.74, 6) is -1.81. The monoisotopic (exact) mass is 612 g/mol. The molecule has 2 amide bonds. The van der Waals surface area contributed by atoms with Crippen LogP contribution in [0, 0.1) is 0 Å². The number of rotatable bonds is 9. The summed E-state index contributed by atoms with van der Waals surface area (Å²) in [6.07, 6.45) is 0. The summed E-state index contributed by atoms with van der Waals surface area (Å²) in [5, 5.41) is 10.8. The predicted molar refractivity (Wildman–Crippen MR) is 168 cm³/mol. The van der Waals surface area contributed by atoms with Gasteiger partial charge in [0.05, 0.1) is 34.3 Å². The van der Waals surface area contributed by atoms with Gasteiger partial charge >= 0.3 is 5.97 Å². The molecular formula is C36H24N2O8. The highest BCUT2D eigenvalue weighted by atomic mass is 16.5. The number of benzene rings is 4. The number of carbonyl (C=O) groups is 3. The first-order chi connectivity index (χ1) is 22.4. The number of fused-ring (bicyclic) bond motifs is 3. The lowest BCUT2D eigenvalue weighted by atomic mass is 10.1. The number of carboxylic acids is 1. The summed E-state index contributed by atoms with van der Waals surface area (Å²) >= 11 is 0. The number of ether oxygens (including phenoxy) is 2. The molecule has 0 unspecified atom stereocenters. The molecule has 0 aliphatic carbocycles. The summed E-state index contributed by atoms with van der Waals surface area (Å²) in [7, 11) is 0. The first-order valence-corrected chi connectivity index (χ1v) is 14.4. The second-order valence-corrected chi connectivity index (χ2v) is 10.5. The van der Waals surface area contributed by atoms with E-state index in [2.05, 4.69) is 4.98 Å². The van der Waals surface area contributed by atoms with Crippen molar-refractivity contribution in [3.63, 3.8) is 0 Å². The van der Waals surface area contributed by atoms with Crippen LogP contribution in [0.1, 0.15) is 36.8 Å². The van der Waals surface area contributed by atoms with Crippen LogP contribution in [0.2, 0.25) is 0 Å². The lowest BCUT2D eigenvalue weighted by Gasteiger charge is -2.16. The Hall–Kier alpha value is -6.29. The van der Waals surface area contributed by atoms with Crippen LogP contribution in [-0.4, -0.2) is 45.9 Å². The molecule has 1 aliphatic heterocycles. The molecule has 1 aliphatic rings. The number of hydrogen-bond acceptors (Lipinski definition) is 8. The highest BCUT2D eigenvalue weighted by Crippen LogP contribution is 2.33. The van der Waals surface area contributed by atoms with Crippen molar-refractivity contribution >= 4 is 39.7 Å². The first-order valence-electron chi connectivity index (χ1n) is 14.4. The Kier molecular flexibility index (Phi) is 7.22. The zero-order valence-electron chi connectivity index (χ0n) is 24.1. The van der Waals surface area contributed by atoms with E-state index >= 15 is 0 Å². The van der Waals surface area contributed by atoms with Gasteiger partial charge in [-0.15, -0.1) is 0 Å². The Bertz CT molecular complexity index is 2210. The van der Waals surface area contributed by atoms with E-state index in [-0.39, 0.29) is 47.8 Å². The minimum Gasteiger partial charge on any atom is -0.487 e. The van der Waals surface area contributed by atoms with Gasteiger partial charge in [-0.2, -0.15) is 0 Å². The van der Waals surface area contributed by atoms with Gasteiger partial charge in [-0.25, -0.2) is 9.78 Å². The smallest absolute Gasteiger partial charge is 0.339 e. The number of imide groups is 1. The van der Waals surface area contributed by atoms with Gasteiger partial charge < -0.3 is 19.0 Å². The van der Waals surface area contributed by atoms with E-state index in [1.165, 1.54) is 18.2 Å². The number of aromatic nitrogens is 1. The van der Waals surface area contributed by atoms with Crippen LogP contribution in [-0.2, 0) is 6.61 Å². The maximum atomic E-state index is 13.7. The molecule has 0 fully saturated rings. The lowest BCUT2D eigenvalue weighted by Crippen LogP contribution is -2.34. The number of carboxylic acid groups (broad SMARTS) is 1. The van der Waals surface area contributed by atoms with Gasteiger partial charge in [-0.05, 0) is 60.7 Å². The van der Waals surface area contributed by atoms with Gasteiger partial charge in [-0.1, -0.05) is 42.5 Å². The summed E-state index contributed by atoms with van der Waals surface area (Å²) in [6, 6.07) is 29.1. The largest absolute Gasteiger partial charge is 0.487 e. The van der Waals surface area contributed by atoms with Crippen molar-refractivity contribution < 1.29 is 33.4 Å². The highest BCUT2D eigenvalue weighted by Gasteiger charge is 2.35. The van der Waals surface area contributed by atoms with Crippen molar-refractivity contribution in [2.75, 3.05) is 13.2 Å². The highest BCUT2D eigenvalue weighted by molar-refractivity contribution is 6.21. The average molecular weight is 613 g/mol. The molecule has 46 heavy (non-hydrogen) atoms. The van der Waals surface area contributed by atoms with Crippen LogP contribution in [0.5, 0.6) is 11.5 Å². The van der Waals surface area contributed by atoms with Crippen molar-refractivity contribution in [2.45, 2.75) is 6.61 Å². The Morgan fingerprint density at radius 2 is 1.50 bits per heavy atom. The second-order valence-electron chi connectivity index (χ2n) is 10.5. The van der Waals surface area contributed by atoms with Crippen molar-refractivity contribution in [1.29, 1.82) is 0 Å². The van der Waals surface area contributed by atoms with Crippen LogP contribution in [0.4, 0.5) is 0 Å². The van der Waals surface area contributed by atoms with Crippen LogP contribution in [0.3, 0.4) is 0 Å². The van der Waals surface area contributed by atoms with Gasteiger partial charge in [0.2, 0.25) is 11.2 Å². The molecule has 3 heterocycles. The summed E-state index contributed by atoms with van der Waals surface area (Å²) in [6.45, 7) is -0.0926. The molecule has 0 atom stereocenters. The minimum atomic E-state index is -1.26. The molecule has 0 saturated heterocycles. The number of amides is 2. The zero-order chi connectivity index (χ0) is 31.8. The molecule has 0 saturated carbocycles. The van der Waals surface area contributed by atoms with Gasteiger partial charge in [0, 0.05) is 10.9 Å². The van der Waals surface area contributed by atoms with E-state index in [0.717, 1.165) is 21.5 Å². The van der Waals surface area contributed by atoms with Gasteiger partial charge in [-0.3, -0.25) is 19.3 Å². The number of nitrogens with zero attached hydrogens (tertiary/aromatic N) is 2. The van der Waals surface area contributed by atoms with E-state index in [1.807, 2.05) is 36.4 Å². The molecule has 6 aromatic rings. The molecule has 7 rings (SSSR count). The number of aromatic carboxylic acids is 1. The van der Waals surface area contributed by atoms with Crippen molar-refractivity contribution in [1.82, 2.24) is 9.88 Å². The van der Waals surface area contributed by atoms with Crippen LogP contribution in [0.25, 0.3) is 33.2 Å². The number of para-hydroxylation sites is 2. The number of hydrogen-bond donors (Lipinski definition) is 1. The Labute approximate surface area is 261 Å². The fourth-order valence-corrected chi connectivity index (χ4v) is 5.42. The Balaban J connectivity index is 1.17. The van der Waals surface area contributed by atoms with Crippen LogP contribution in [0.15, 0.2) is 112 Å². The van der Waals surface area contributed by atoms with E-state index in [1.54, 1.807) is 48.5 Å². The van der Waals surface area contributed by atoms with E-state index < -0.39 is 23.2 Å². The van der Waals surface area contributed by atoms with Crippen molar-refractivity contribution in [3.8, 4) is 22.8 Å². The summed E-state index contributed by atoms with van der Waals surface area (Å²) in [4.78, 5) is 57.0. The third kappa shape index (κ3) is 5.11. The predicted octanol–water partition coefficient (Wildman–Crippen LogP) is 5.96. The molecule has 0 bridgehead atoms. The first kappa shape index (κ1) is 28.5. The molecule has 2 aromatic heterocycles. The van der Waals surface area contributed by atoms with E-state index in [0.29, 0.717) is 22.4 Å². The van der Waals surface area contributed by atoms with E-state index in [9.17, 15) is 24.3 Å². The number of carbonyl (C=O) groups excluding carboxylic acids is 2. The Morgan fingerprint density at radius 1 is 0.783 bits per heavy atom. The van der Waals surface area contributed by atoms with Gasteiger partial charge in [0.15, 0.2) is 11.3 Å². The van der Waals surface area contributed by atoms with Crippen molar-refractivity contribution in [3.05, 3.63) is 136 Å². The fourth-order valence-electron chi connectivity index (χ4n) is 5.42. The third-order valence-electron chi connectivity index (χ3n) is 7.71. The molecule has 4 aromatic carbocycles. The topological polar surface area (TPSA) is 136 Å². The standard InChI is InChI=1S/C36H24N2O8/c39-30-27-9-5-10-28(36(42)43)32(27)46-31(33(30)44-19-18-38-34(40)25-7-2-3-8-26(25)35(38)41)22-13-16-24(17-14-22)45-20-23-15-12-21-6-1-4-11-29(21)37-23/h1-17H,18-20H2,(H,42,43). The van der Waals surface area contributed by atoms with Crippen LogP contribution >= 0.6 is 0 Å². The van der Waals surface area contributed by atoms with Gasteiger partial charge in [0.25, 0.3) is 11.8 Å². The average Bonchev–Trinajstić information content (AvgIpc) is 3.33. The minimum absolute atomic E-state index is 0.00342. The quantitative estimate of drug-likeness (QED) is 0.196. The molecule has 0 radical (unpaired) electrons. The summed E-state index contributed by atoms with van der Waals surface area (Å²) < 4.78 is 17.9. The van der Waals surface area contributed by atoms with Crippen LogP contribution < -0.4 is 14.9 Å². The van der Waals surface area contributed by atoms with E-state index in [4.69, 9.17) is 13.9 Å². The fraction of sp³-hybridized carbons (Fsp3) is 0.0833. The second kappa shape index (κ2) is 11.7. The lowest BCUT2D eigenvalue weighted by molar-refractivity contribution is 0.0629. The van der Waals surface area contributed by atoms with Gasteiger partial charge in [0.1, 0.15) is 24.5 Å². The zero-order valence-corrected chi connectivity index (χ0v) is 24.1. The summed E-state index contributed by atoms with van der Waals surface area (Å²) in [5.41, 5.74) is 1.76. The van der Waals surface area contributed by atoms with Crippen molar-refractivity contribution in [2.24, 2.45) is 0 Å².